The number of nitrogens with one attached hydrogen (secondary N) is 1. The smallest absolute Gasteiger partial charge is 0.194 e. The number of likely N-dealkylation sites (tertiary alicyclic amines) is 1. The fourth-order valence-electron chi connectivity index (χ4n) is 3.51. The van der Waals surface area contributed by atoms with Crippen molar-refractivity contribution >= 4 is 11.6 Å². The summed E-state index contributed by atoms with van der Waals surface area (Å²) in [5.41, 5.74) is 1.56. The highest BCUT2D eigenvalue weighted by Gasteiger charge is 2.24. The van der Waals surface area contributed by atoms with Crippen LogP contribution in [0.5, 0.6) is 0 Å². The molecule has 1 fully saturated rings. The van der Waals surface area contributed by atoms with Gasteiger partial charge in [-0.3, -0.25) is 0 Å². The van der Waals surface area contributed by atoms with Gasteiger partial charge in [0, 0.05) is 45.2 Å². The molecule has 152 valence electrons. The van der Waals surface area contributed by atoms with Crippen molar-refractivity contribution in [2.45, 2.75) is 40.7 Å². The van der Waals surface area contributed by atoms with Crippen molar-refractivity contribution in [1.29, 1.82) is 0 Å². The molecule has 0 radical (unpaired) electrons. The molecular weight excluding hydrogens is 343 g/mol. The Morgan fingerprint density at radius 1 is 1.30 bits per heavy atom. The molecule has 1 atom stereocenters. The monoisotopic (exact) mass is 378 g/mol. The van der Waals surface area contributed by atoms with Crippen molar-refractivity contribution in [1.82, 2.24) is 10.2 Å². The normalized spacial score (nSPS) is 17.4. The third-order valence-electron chi connectivity index (χ3n) is 5.01. The van der Waals surface area contributed by atoms with Crippen molar-refractivity contribution in [2.75, 3.05) is 50.8 Å². The van der Waals surface area contributed by atoms with Crippen LogP contribution in [0.25, 0.3) is 0 Å². The summed E-state index contributed by atoms with van der Waals surface area (Å²) in [7, 11) is 0. The van der Waals surface area contributed by atoms with Gasteiger partial charge < -0.3 is 19.9 Å². The highest BCUT2D eigenvalue weighted by molar-refractivity contribution is 5.80. The number of halogens is 1. The Bertz CT molecular complexity index is 604. The lowest BCUT2D eigenvalue weighted by Gasteiger charge is -2.22. The van der Waals surface area contributed by atoms with Gasteiger partial charge in [-0.15, -0.1) is 0 Å². The second-order valence-corrected chi connectivity index (χ2v) is 6.89. The molecule has 5 nitrogen and oxygen atoms in total. The number of hydrogen-bond acceptors (Lipinski definition) is 3. The molecule has 0 aromatic heterocycles. The van der Waals surface area contributed by atoms with Gasteiger partial charge in [0.1, 0.15) is 5.82 Å². The molecule has 0 amide bonds. The minimum atomic E-state index is -0.172. The number of rotatable bonds is 9. The fraction of sp³-hybridized carbons (Fsp3) is 0.667. The molecule has 1 aliphatic heterocycles. The maximum atomic E-state index is 14.5. The number of nitrogens with zero attached hydrogens (tertiary/aromatic N) is 3. The third kappa shape index (κ3) is 6.09. The second kappa shape index (κ2) is 11.1. The highest BCUT2D eigenvalue weighted by atomic mass is 19.1. The predicted molar refractivity (Wildman–Crippen MR) is 111 cm³/mol. The van der Waals surface area contributed by atoms with E-state index < -0.39 is 0 Å². The highest BCUT2D eigenvalue weighted by Crippen LogP contribution is 2.21. The maximum Gasteiger partial charge on any atom is 0.194 e. The van der Waals surface area contributed by atoms with Gasteiger partial charge in [-0.05, 0) is 51.8 Å². The predicted octanol–water partition coefficient (Wildman–Crippen LogP) is 3.50. The van der Waals surface area contributed by atoms with Crippen LogP contribution in [0.1, 0.15) is 39.7 Å². The van der Waals surface area contributed by atoms with Crippen LogP contribution < -0.4 is 10.2 Å². The third-order valence-corrected chi connectivity index (χ3v) is 5.01. The number of benzene rings is 1. The van der Waals surface area contributed by atoms with Crippen LogP contribution in [0.3, 0.4) is 0 Å². The quantitative estimate of drug-likeness (QED) is 0.527. The summed E-state index contributed by atoms with van der Waals surface area (Å²) in [6, 6.07) is 5.46. The molecule has 6 heteroatoms. The van der Waals surface area contributed by atoms with Gasteiger partial charge in [-0.1, -0.05) is 6.07 Å². The SMILES string of the molecule is CCNC(=NCc1ccc(N(CC)CC)c(F)c1)N1CCC(COCC)C1. The van der Waals surface area contributed by atoms with Crippen LogP contribution >= 0.6 is 0 Å². The van der Waals surface area contributed by atoms with E-state index in [4.69, 9.17) is 9.73 Å². The Kier molecular flexibility index (Phi) is 8.85. The maximum absolute atomic E-state index is 14.5. The van der Waals surface area contributed by atoms with E-state index >= 15 is 0 Å². The summed E-state index contributed by atoms with van der Waals surface area (Å²) >= 11 is 0. The van der Waals surface area contributed by atoms with Crippen molar-refractivity contribution in [3.8, 4) is 0 Å². The molecule has 1 aromatic rings. The zero-order valence-electron chi connectivity index (χ0n) is 17.3. The molecule has 2 rings (SSSR count). The lowest BCUT2D eigenvalue weighted by molar-refractivity contribution is 0.114. The van der Waals surface area contributed by atoms with Crippen LogP contribution in [0, 0.1) is 11.7 Å². The number of ether oxygens (including phenoxy) is 1. The molecule has 0 spiro atoms. The van der Waals surface area contributed by atoms with E-state index in [1.165, 1.54) is 0 Å². The van der Waals surface area contributed by atoms with Crippen LogP contribution in [0.4, 0.5) is 10.1 Å². The molecule has 1 saturated heterocycles. The van der Waals surface area contributed by atoms with Gasteiger partial charge in [0.25, 0.3) is 0 Å². The van der Waals surface area contributed by atoms with Crippen molar-refractivity contribution in [2.24, 2.45) is 10.9 Å². The van der Waals surface area contributed by atoms with Gasteiger partial charge in [-0.2, -0.15) is 0 Å². The molecule has 1 aromatic carbocycles. The molecule has 1 unspecified atom stereocenters. The topological polar surface area (TPSA) is 40.1 Å². The summed E-state index contributed by atoms with van der Waals surface area (Å²) in [6.45, 7) is 14.6. The molecule has 27 heavy (non-hydrogen) atoms. The van der Waals surface area contributed by atoms with E-state index in [1.54, 1.807) is 6.07 Å². The Morgan fingerprint density at radius 3 is 2.70 bits per heavy atom. The largest absolute Gasteiger partial charge is 0.381 e. The van der Waals surface area contributed by atoms with E-state index in [1.807, 2.05) is 37.8 Å². The summed E-state index contributed by atoms with van der Waals surface area (Å²) in [6.07, 6.45) is 1.12. The van der Waals surface area contributed by atoms with Crippen molar-refractivity contribution < 1.29 is 9.13 Å². The lowest BCUT2D eigenvalue weighted by atomic mass is 10.1. The summed E-state index contributed by atoms with van der Waals surface area (Å²) in [5, 5.41) is 3.37. The summed E-state index contributed by atoms with van der Waals surface area (Å²) in [4.78, 5) is 9.06. The van der Waals surface area contributed by atoms with Crippen LogP contribution in [0.2, 0.25) is 0 Å². The molecule has 0 aliphatic carbocycles. The first-order chi connectivity index (χ1) is 13.1. The number of anilines is 1. The van der Waals surface area contributed by atoms with E-state index in [0.29, 0.717) is 18.2 Å². The Labute approximate surface area is 163 Å². The number of hydrogen-bond donors (Lipinski definition) is 1. The van der Waals surface area contributed by atoms with Crippen molar-refractivity contribution in [3.63, 3.8) is 0 Å². The Hall–Kier alpha value is -1.82. The minimum absolute atomic E-state index is 0.172. The first kappa shape index (κ1) is 21.5. The molecule has 1 heterocycles. The standard InChI is InChI=1S/C21H35FN4O/c1-5-23-21(26-12-11-18(15-26)16-27-8-4)24-14-17-9-10-20(19(22)13-17)25(6-2)7-3/h9-10,13,18H,5-8,11-12,14-16H2,1-4H3,(H,23,24). The zero-order chi connectivity index (χ0) is 19.6. The van der Waals surface area contributed by atoms with E-state index in [2.05, 4.69) is 17.1 Å². The van der Waals surface area contributed by atoms with Gasteiger partial charge in [0.2, 0.25) is 0 Å². The Balaban J connectivity index is 2.03. The molecule has 0 bridgehead atoms. The first-order valence-corrected chi connectivity index (χ1v) is 10.3. The summed E-state index contributed by atoms with van der Waals surface area (Å²) in [5.74, 6) is 1.29. The van der Waals surface area contributed by atoms with Crippen LogP contribution in [-0.4, -0.2) is 56.8 Å². The first-order valence-electron chi connectivity index (χ1n) is 10.3. The zero-order valence-corrected chi connectivity index (χ0v) is 17.3. The van der Waals surface area contributed by atoms with Crippen LogP contribution in [0.15, 0.2) is 23.2 Å². The van der Waals surface area contributed by atoms with Gasteiger partial charge in [-0.25, -0.2) is 9.38 Å². The van der Waals surface area contributed by atoms with E-state index in [-0.39, 0.29) is 5.82 Å². The van der Waals surface area contributed by atoms with Crippen molar-refractivity contribution in [3.05, 3.63) is 29.6 Å². The van der Waals surface area contributed by atoms with E-state index in [9.17, 15) is 4.39 Å². The number of aliphatic imine (C=N–C) groups is 1. The minimum Gasteiger partial charge on any atom is -0.381 e. The average molecular weight is 379 g/mol. The Morgan fingerprint density at radius 2 is 2.07 bits per heavy atom. The molecule has 1 aliphatic rings. The summed E-state index contributed by atoms with van der Waals surface area (Å²) < 4.78 is 20.1. The molecule has 1 N–H and O–H groups in total. The van der Waals surface area contributed by atoms with Crippen LogP contribution in [-0.2, 0) is 11.3 Å². The van der Waals surface area contributed by atoms with Gasteiger partial charge in [0.05, 0.1) is 18.8 Å². The molecule has 0 saturated carbocycles. The molecular formula is C21H35FN4O. The average Bonchev–Trinajstić information content (AvgIpc) is 3.14. The van der Waals surface area contributed by atoms with Gasteiger partial charge >= 0.3 is 0 Å². The lowest BCUT2D eigenvalue weighted by Crippen LogP contribution is -2.40. The second-order valence-electron chi connectivity index (χ2n) is 6.89. The van der Waals surface area contributed by atoms with Gasteiger partial charge in [0.15, 0.2) is 5.96 Å². The van der Waals surface area contributed by atoms with E-state index in [0.717, 1.165) is 63.9 Å². The number of guanidine groups is 1. The fourth-order valence-corrected chi connectivity index (χ4v) is 3.51.